The number of aromatic nitrogens is 3. The minimum absolute atomic E-state index is 0.0180. The molecular weight excluding hydrogens is 445 g/mol. The zero-order chi connectivity index (χ0) is 22.7. The molecule has 0 bridgehead atoms. The number of imidazole rings is 1. The summed E-state index contributed by atoms with van der Waals surface area (Å²) in [5.74, 6) is -0.453. The van der Waals surface area contributed by atoms with Gasteiger partial charge < -0.3 is 18.9 Å². The minimum atomic E-state index is -4.73. The van der Waals surface area contributed by atoms with Gasteiger partial charge in [-0.25, -0.2) is 9.97 Å². The monoisotopic (exact) mass is 466 g/mol. The van der Waals surface area contributed by atoms with Crippen LogP contribution in [0.25, 0.3) is 11.3 Å². The molecule has 1 aliphatic rings. The number of aryl methyl sites for hydroxylation is 1. The first-order chi connectivity index (χ1) is 15.3. The second-order valence-electron chi connectivity index (χ2n) is 7.40. The smallest absolute Gasteiger partial charge is 0.406 e. The third kappa shape index (κ3) is 5.46. The molecule has 1 aliphatic heterocycles. The van der Waals surface area contributed by atoms with Crippen LogP contribution in [-0.2, 0) is 18.3 Å². The average Bonchev–Trinajstić information content (AvgIpc) is 3.41. The van der Waals surface area contributed by atoms with Gasteiger partial charge in [-0.15, -0.1) is 24.5 Å². The number of thiazole rings is 1. The number of alkyl halides is 3. The SMILES string of the molecule is Cn1cnc(C(=O)N(Cc2nc(-c3ccc(OC(F)(F)F)cc3)cs2)C2CCOCC2)c1. The number of amides is 1. The second kappa shape index (κ2) is 9.29. The third-order valence-corrected chi connectivity index (χ3v) is 5.89. The Kier molecular flexibility index (Phi) is 6.47. The first kappa shape index (κ1) is 22.3. The third-order valence-electron chi connectivity index (χ3n) is 5.06. The van der Waals surface area contributed by atoms with Crippen LogP contribution < -0.4 is 4.74 Å². The zero-order valence-corrected chi connectivity index (χ0v) is 18.0. The molecule has 0 N–H and O–H groups in total. The van der Waals surface area contributed by atoms with E-state index in [-0.39, 0.29) is 17.7 Å². The molecule has 11 heteroatoms. The van der Waals surface area contributed by atoms with Crippen molar-refractivity contribution in [2.75, 3.05) is 13.2 Å². The lowest BCUT2D eigenvalue weighted by atomic mass is 10.1. The lowest BCUT2D eigenvalue weighted by Gasteiger charge is -2.33. The van der Waals surface area contributed by atoms with Crippen molar-refractivity contribution in [1.82, 2.24) is 19.4 Å². The number of carbonyl (C=O) groups excluding carboxylic acids is 1. The van der Waals surface area contributed by atoms with Gasteiger partial charge in [0.15, 0.2) is 0 Å². The Morgan fingerprint density at radius 1 is 1.28 bits per heavy atom. The molecule has 1 aromatic carbocycles. The first-order valence-corrected chi connectivity index (χ1v) is 10.8. The molecule has 3 heterocycles. The summed E-state index contributed by atoms with van der Waals surface area (Å²) in [7, 11) is 1.81. The van der Waals surface area contributed by atoms with Crippen LogP contribution in [0.2, 0.25) is 0 Å². The van der Waals surface area contributed by atoms with Crippen LogP contribution in [0.15, 0.2) is 42.2 Å². The normalized spacial score (nSPS) is 15.0. The average molecular weight is 466 g/mol. The Labute approximate surface area is 186 Å². The predicted octanol–water partition coefficient (Wildman–Crippen LogP) is 4.26. The maximum atomic E-state index is 13.2. The van der Waals surface area contributed by atoms with Crippen molar-refractivity contribution in [3.8, 4) is 17.0 Å². The summed E-state index contributed by atoms with van der Waals surface area (Å²) >= 11 is 1.40. The fraction of sp³-hybridized carbons (Fsp3) is 0.381. The van der Waals surface area contributed by atoms with Crippen molar-refractivity contribution in [3.63, 3.8) is 0 Å². The largest absolute Gasteiger partial charge is 0.573 e. The molecule has 170 valence electrons. The summed E-state index contributed by atoms with van der Waals surface area (Å²) in [6, 6.07) is 5.57. The molecule has 0 spiro atoms. The van der Waals surface area contributed by atoms with Crippen LogP contribution in [0.3, 0.4) is 0 Å². The second-order valence-corrected chi connectivity index (χ2v) is 8.34. The van der Waals surface area contributed by atoms with Gasteiger partial charge in [-0.1, -0.05) is 0 Å². The van der Waals surface area contributed by atoms with E-state index in [0.717, 1.165) is 17.8 Å². The van der Waals surface area contributed by atoms with Crippen molar-refractivity contribution in [2.24, 2.45) is 7.05 Å². The van der Waals surface area contributed by atoms with Gasteiger partial charge in [0.2, 0.25) is 0 Å². The molecule has 1 saturated heterocycles. The standard InChI is InChI=1S/C21H21F3N4O3S/c1-27-10-17(25-13-27)20(29)28(15-6-8-30-9-7-15)11-19-26-18(12-32-19)14-2-4-16(5-3-14)31-21(22,23)24/h2-5,10,12-13,15H,6-9,11H2,1H3. The van der Waals surface area contributed by atoms with Gasteiger partial charge in [0.25, 0.3) is 5.91 Å². The van der Waals surface area contributed by atoms with Crippen molar-refractivity contribution >= 4 is 17.2 Å². The van der Waals surface area contributed by atoms with E-state index < -0.39 is 6.36 Å². The van der Waals surface area contributed by atoms with Crippen LogP contribution in [0, 0.1) is 0 Å². The molecule has 0 atom stereocenters. The quantitative estimate of drug-likeness (QED) is 0.543. The van der Waals surface area contributed by atoms with Crippen LogP contribution in [0.4, 0.5) is 13.2 Å². The lowest BCUT2D eigenvalue weighted by Crippen LogP contribution is -2.43. The van der Waals surface area contributed by atoms with E-state index in [1.807, 2.05) is 5.38 Å². The highest BCUT2D eigenvalue weighted by Gasteiger charge is 2.31. The molecule has 32 heavy (non-hydrogen) atoms. The number of nitrogens with zero attached hydrogens (tertiary/aromatic N) is 4. The molecule has 0 aliphatic carbocycles. The summed E-state index contributed by atoms with van der Waals surface area (Å²) in [6.07, 6.45) is 0.00754. The predicted molar refractivity (Wildman–Crippen MR) is 111 cm³/mol. The van der Waals surface area contributed by atoms with Gasteiger partial charge in [0.05, 0.1) is 18.6 Å². The highest BCUT2D eigenvalue weighted by Crippen LogP contribution is 2.28. The number of benzene rings is 1. The van der Waals surface area contributed by atoms with E-state index in [0.29, 0.717) is 36.7 Å². The zero-order valence-electron chi connectivity index (χ0n) is 17.2. The lowest BCUT2D eigenvalue weighted by molar-refractivity contribution is -0.274. The minimum Gasteiger partial charge on any atom is -0.406 e. The Hall–Kier alpha value is -2.92. The molecule has 1 amide bonds. The summed E-state index contributed by atoms with van der Waals surface area (Å²) in [5.41, 5.74) is 1.66. The van der Waals surface area contributed by atoms with Crippen molar-refractivity contribution in [1.29, 1.82) is 0 Å². The Bertz CT molecular complexity index is 1060. The summed E-state index contributed by atoms with van der Waals surface area (Å²) < 4.78 is 48.1. The van der Waals surface area contributed by atoms with E-state index in [9.17, 15) is 18.0 Å². The summed E-state index contributed by atoms with van der Waals surface area (Å²) in [4.78, 5) is 23.8. The van der Waals surface area contributed by atoms with E-state index in [2.05, 4.69) is 14.7 Å². The van der Waals surface area contributed by atoms with Gasteiger partial charge in [-0.3, -0.25) is 4.79 Å². The van der Waals surface area contributed by atoms with E-state index in [1.54, 1.807) is 29.0 Å². The molecule has 1 fully saturated rings. The molecule has 3 aromatic rings. The van der Waals surface area contributed by atoms with Gasteiger partial charge in [-0.05, 0) is 37.1 Å². The fourth-order valence-electron chi connectivity index (χ4n) is 3.52. The van der Waals surface area contributed by atoms with Crippen molar-refractivity contribution in [3.05, 3.63) is 52.9 Å². The van der Waals surface area contributed by atoms with Crippen LogP contribution >= 0.6 is 11.3 Å². The fourth-order valence-corrected chi connectivity index (χ4v) is 4.32. The topological polar surface area (TPSA) is 69.5 Å². The highest BCUT2D eigenvalue weighted by molar-refractivity contribution is 7.09. The number of hydrogen-bond donors (Lipinski definition) is 0. The molecule has 7 nitrogen and oxygen atoms in total. The maximum Gasteiger partial charge on any atom is 0.573 e. The van der Waals surface area contributed by atoms with Gasteiger partial charge in [0.1, 0.15) is 16.5 Å². The molecular formula is C21H21F3N4O3S. The number of halogens is 3. The number of hydrogen-bond acceptors (Lipinski definition) is 6. The molecule has 4 rings (SSSR count). The van der Waals surface area contributed by atoms with Crippen LogP contribution in [-0.4, -0.2) is 51.0 Å². The van der Waals surface area contributed by atoms with Gasteiger partial charge in [0, 0.05) is 43.4 Å². The summed E-state index contributed by atoms with van der Waals surface area (Å²) in [6.45, 7) is 1.50. The van der Waals surface area contributed by atoms with E-state index in [4.69, 9.17) is 4.74 Å². The van der Waals surface area contributed by atoms with Gasteiger partial charge in [-0.2, -0.15) is 0 Å². The highest BCUT2D eigenvalue weighted by atomic mass is 32.1. The van der Waals surface area contributed by atoms with E-state index in [1.165, 1.54) is 35.6 Å². The number of rotatable bonds is 6. The van der Waals surface area contributed by atoms with E-state index >= 15 is 0 Å². The molecule has 0 radical (unpaired) electrons. The Balaban J connectivity index is 1.51. The molecule has 0 saturated carbocycles. The Morgan fingerprint density at radius 3 is 2.62 bits per heavy atom. The number of carbonyl (C=O) groups is 1. The summed E-state index contributed by atoms with van der Waals surface area (Å²) in [5, 5.41) is 2.55. The maximum absolute atomic E-state index is 13.2. The molecule has 2 aromatic heterocycles. The Morgan fingerprint density at radius 2 is 2.00 bits per heavy atom. The van der Waals surface area contributed by atoms with Crippen LogP contribution in [0.1, 0.15) is 28.3 Å². The number of ether oxygens (including phenoxy) is 2. The van der Waals surface area contributed by atoms with Crippen molar-refractivity contribution < 1.29 is 27.4 Å². The first-order valence-electron chi connectivity index (χ1n) is 9.96. The molecule has 0 unspecified atom stereocenters. The van der Waals surface area contributed by atoms with Gasteiger partial charge >= 0.3 is 6.36 Å². The van der Waals surface area contributed by atoms with Crippen molar-refractivity contribution in [2.45, 2.75) is 31.8 Å². The van der Waals surface area contributed by atoms with Crippen LogP contribution in [0.5, 0.6) is 5.75 Å².